The predicted octanol–water partition coefficient (Wildman–Crippen LogP) is 3.24. The minimum absolute atomic E-state index is 0.0702. The van der Waals surface area contributed by atoms with Crippen LogP contribution < -0.4 is 5.69 Å². The number of hydrogen-bond acceptors (Lipinski definition) is 2. The topological polar surface area (TPSA) is 65.7 Å². The molecule has 0 fully saturated rings. The van der Waals surface area contributed by atoms with Gasteiger partial charge in [-0.15, -0.1) is 0 Å². The van der Waals surface area contributed by atoms with Gasteiger partial charge in [-0.1, -0.05) is 20.8 Å². The van der Waals surface area contributed by atoms with Gasteiger partial charge in [0.25, 0.3) is 0 Å². The van der Waals surface area contributed by atoms with Crippen molar-refractivity contribution in [3.8, 4) is 0 Å². The van der Waals surface area contributed by atoms with Gasteiger partial charge >= 0.3 is 5.69 Å². The van der Waals surface area contributed by atoms with Crippen molar-refractivity contribution in [2.24, 2.45) is 5.41 Å². The molecule has 0 spiro atoms. The summed E-state index contributed by atoms with van der Waals surface area (Å²) in [6.45, 7) is 5.83. The Kier molecular flexibility index (Phi) is 3.19. The molecule has 18 heavy (non-hydrogen) atoms. The molecular weight excluding hydrogens is 296 g/mol. The van der Waals surface area contributed by atoms with Gasteiger partial charge in [0.1, 0.15) is 0 Å². The summed E-state index contributed by atoms with van der Waals surface area (Å²) in [4.78, 5) is 29.0. The highest BCUT2D eigenvalue weighted by molar-refractivity contribution is 9.10. The van der Waals surface area contributed by atoms with Crippen LogP contribution in [0.25, 0.3) is 11.0 Å². The molecule has 2 rings (SSSR count). The average molecular weight is 311 g/mol. The number of aromatic amines is 2. The van der Waals surface area contributed by atoms with E-state index in [2.05, 4.69) is 25.9 Å². The third-order valence-corrected chi connectivity index (χ3v) is 4.00. The highest BCUT2D eigenvalue weighted by Gasteiger charge is 2.28. The van der Waals surface area contributed by atoms with Gasteiger partial charge in [-0.3, -0.25) is 4.79 Å². The van der Waals surface area contributed by atoms with Crippen LogP contribution in [0.2, 0.25) is 0 Å². The zero-order valence-corrected chi connectivity index (χ0v) is 12.1. The molecule has 1 heterocycles. The van der Waals surface area contributed by atoms with Crippen molar-refractivity contribution in [1.29, 1.82) is 0 Å². The molecule has 0 atom stereocenters. The first-order valence-corrected chi connectivity index (χ1v) is 6.61. The standard InChI is InChI=1S/C13H15BrN2O2/c1-4-13(2,3)11(17)7-5-9-10(6-8(7)14)16-12(18)15-9/h5-6H,4H2,1-3H3,(H2,15,16,18). The summed E-state index contributed by atoms with van der Waals surface area (Å²) in [5, 5.41) is 0. The number of halogens is 1. The van der Waals surface area contributed by atoms with E-state index in [1.54, 1.807) is 12.1 Å². The SMILES string of the molecule is CCC(C)(C)C(=O)c1cc2[nH]c(=O)[nH]c2cc1Br. The zero-order chi connectivity index (χ0) is 13.5. The molecular formula is C13H15BrN2O2. The van der Waals surface area contributed by atoms with Crippen LogP contribution in [0.1, 0.15) is 37.6 Å². The lowest BCUT2D eigenvalue weighted by atomic mass is 9.82. The number of rotatable bonds is 3. The molecule has 0 saturated heterocycles. The van der Waals surface area contributed by atoms with Crippen LogP contribution in [0, 0.1) is 5.41 Å². The number of hydrogen-bond donors (Lipinski definition) is 2. The Bertz CT molecular complexity index is 667. The molecule has 0 aliphatic heterocycles. The molecule has 0 bridgehead atoms. The maximum atomic E-state index is 12.4. The summed E-state index contributed by atoms with van der Waals surface area (Å²) in [6.07, 6.45) is 0.764. The van der Waals surface area contributed by atoms with Gasteiger partial charge in [-0.05, 0) is 34.5 Å². The number of ketones is 1. The predicted molar refractivity (Wildman–Crippen MR) is 75.0 cm³/mol. The molecule has 0 saturated carbocycles. The number of carbonyl (C=O) groups excluding carboxylic acids is 1. The molecule has 2 aromatic rings. The minimum atomic E-state index is -0.410. The first kappa shape index (κ1) is 13.1. The van der Waals surface area contributed by atoms with Gasteiger partial charge < -0.3 is 9.97 Å². The Morgan fingerprint density at radius 2 is 1.83 bits per heavy atom. The van der Waals surface area contributed by atoms with Gasteiger partial charge in [-0.2, -0.15) is 0 Å². The monoisotopic (exact) mass is 310 g/mol. The van der Waals surface area contributed by atoms with Crippen molar-refractivity contribution >= 4 is 32.7 Å². The summed E-state index contributed by atoms with van der Waals surface area (Å²) in [6, 6.07) is 3.48. The lowest BCUT2D eigenvalue weighted by Crippen LogP contribution is -2.23. The van der Waals surface area contributed by atoms with E-state index >= 15 is 0 Å². The van der Waals surface area contributed by atoms with E-state index in [1.807, 2.05) is 20.8 Å². The van der Waals surface area contributed by atoms with E-state index in [1.165, 1.54) is 0 Å². The summed E-state index contributed by atoms with van der Waals surface area (Å²) >= 11 is 3.39. The van der Waals surface area contributed by atoms with Crippen LogP contribution in [-0.4, -0.2) is 15.8 Å². The average Bonchev–Trinajstić information content (AvgIpc) is 2.66. The molecule has 0 radical (unpaired) electrons. The van der Waals surface area contributed by atoms with Crippen molar-refractivity contribution in [3.05, 3.63) is 32.7 Å². The molecule has 96 valence electrons. The van der Waals surface area contributed by atoms with Gasteiger partial charge in [0.05, 0.1) is 11.0 Å². The number of Topliss-reactive ketones (excluding diaryl/α,β-unsaturated/α-hetero) is 1. The minimum Gasteiger partial charge on any atom is -0.306 e. The summed E-state index contributed by atoms with van der Waals surface area (Å²) in [7, 11) is 0. The first-order chi connectivity index (χ1) is 8.35. The van der Waals surface area contributed by atoms with Crippen LogP contribution in [0.5, 0.6) is 0 Å². The van der Waals surface area contributed by atoms with E-state index in [9.17, 15) is 9.59 Å². The van der Waals surface area contributed by atoms with E-state index in [4.69, 9.17) is 0 Å². The highest BCUT2D eigenvalue weighted by Crippen LogP contribution is 2.31. The first-order valence-electron chi connectivity index (χ1n) is 5.81. The second kappa shape index (κ2) is 4.39. The molecule has 0 amide bonds. The number of benzene rings is 1. The molecule has 0 aliphatic carbocycles. The number of imidazole rings is 1. The number of carbonyl (C=O) groups is 1. The van der Waals surface area contributed by atoms with Crippen LogP contribution >= 0.6 is 15.9 Å². The van der Waals surface area contributed by atoms with Crippen molar-refractivity contribution in [2.75, 3.05) is 0 Å². The Hall–Kier alpha value is -1.36. The third-order valence-electron chi connectivity index (χ3n) is 3.35. The van der Waals surface area contributed by atoms with E-state index in [-0.39, 0.29) is 11.5 Å². The number of nitrogens with one attached hydrogen (secondary N) is 2. The van der Waals surface area contributed by atoms with E-state index in [0.717, 1.165) is 6.42 Å². The normalized spacial score (nSPS) is 12.0. The Labute approximate surface area is 113 Å². The number of H-pyrrole nitrogens is 2. The lowest BCUT2D eigenvalue weighted by Gasteiger charge is -2.21. The zero-order valence-electron chi connectivity index (χ0n) is 10.6. The van der Waals surface area contributed by atoms with Gasteiger partial charge in [0.15, 0.2) is 5.78 Å². The van der Waals surface area contributed by atoms with Crippen molar-refractivity contribution < 1.29 is 4.79 Å². The Morgan fingerprint density at radius 3 is 2.39 bits per heavy atom. The van der Waals surface area contributed by atoms with Crippen LogP contribution in [0.15, 0.2) is 21.4 Å². The van der Waals surface area contributed by atoms with Gasteiger partial charge in [0, 0.05) is 15.5 Å². The fraction of sp³-hybridized carbons (Fsp3) is 0.385. The highest BCUT2D eigenvalue weighted by atomic mass is 79.9. The van der Waals surface area contributed by atoms with Crippen LogP contribution in [-0.2, 0) is 0 Å². The Morgan fingerprint density at radius 1 is 1.28 bits per heavy atom. The second-order valence-corrected chi connectivity index (χ2v) is 5.88. The fourth-order valence-corrected chi connectivity index (χ4v) is 2.28. The molecule has 1 aromatic heterocycles. The third kappa shape index (κ3) is 2.14. The summed E-state index contributed by atoms with van der Waals surface area (Å²) in [5.41, 5.74) is 1.27. The van der Waals surface area contributed by atoms with Crippen molar-refractivity contribution in [3.63, 3.8) is 0 Å². The van der Waals surface area contributed by atoms with E-state index in [0.29, 0.717) is 21.1 Å². The van der Waals surface area contributed by atoms with Crippen LogP contribution in [0.4, 0.5) is 0 Å². The second-order valence-electron chi connectivity index (χ2n) is 5.02. The number of aromatic nitrogens is 2. The molecule has 0 aliphatic rings. The maximum Gasteiger partial charge on any atom is 0.323 e. The molecule has 2 N–H and O–H groups in total. The lowest BCUT2D eigenvalue weighted by molar-refractivity contribution is 0.0832. The molecule has 1 aromatic carbocycles. The van der Waals surface area contributed by atoms with Gasteiger partial charge in [-0.25, -0.2) is 4.79 Å². The largest absolute Gasteiger partial charge is 0.323 e. The summed E-state index contributed by atoms with van der Waals surface area (Å²) in [5.74, 6) is 0.0702. The molecule has 4 nitrogen and oxygen atoms in total. The number of fused-ring (bicyclic) bond motifs is 1. The van der Waals surface area contributed by atoms with Crippen molar-refractivity contribution in [2.45, 2.75) is 27.2 Å². The van der Waals surface area contributed by atoms with Crippen LogP contribution in [0.3, 0.4) is 0 Å². The van der Waals surface area contributed by atoms with Gasteiger partial charge in [0.2, 0.25) is 0 Å². The molecule has 0 unspecified atom stereocenters. The smallest absolute Gasteiger partial charge is 0.306 e. The van der Waals surface area contributed by atoms with E-state index < -0.39 is 5.41 Å². The Balaban J connectivity index is 2.61. The fourth-order valence-electron chi connectivity index (χ4n) is 1.76. The quantitative estimate of drug-likeness (QED) is 0.855. The maximum absolute atomic E-state index is 12.4. The summed E-state index contributed by atoms with van der Waals surface area (Å²) < 4.78 is 0.705. The molecule has 5 heteroatoms. The van der Waals surface area contributed by atoms with Crippen molar-refractivity contribution in [1.82, 2.24) is 9.97 Å².